The molecule has 4 nitrogen and oxygen atoms in total. The van der Waals surface area contributed by atoms with E-state index in [1.54, 1.807) is 24.3 Å². The third kappa shape index (κ3) is 3.15. The maximum Gasteiger partial charge on any atom is 0.416 e. The molecule has 0 aliphatic carbocycles. The first-order chi connectivity index (χ1) is 11.3. The van der Waals surface area contributed by atoms with E-state index in [9.17, 15) is 18.0 Å². The number of halogens is 3. The zero-order chi connectivity index (χ0) is 17.3. The molecule has 2 aromatic carbocycles. The van der Waals surface area contributed by atoms with E-state index in [4.69, 9.17) is 5.73 Å². The summed E-state index contributed by atoms with van der Waals surface area (Å²) >= 11 is 0. The Hall–Kier alpha value is -3.09. The third-order valence-corrected chi connectivity index (χ3v) is 3.46. The van der Waals surface area contributed by atoms with Crippen LogP contribution in [0.4, 0.5) is 18.9 Å². The minimum atomic E-state index is -4.42. The summed E-state index contributed by atoms with van der Waals surface area (Å²) in [7, 11) is 0. The molecule has 7 heteroatoms. The summed E-state index contributed by atoms with van der Waals surface area (Å²) in [5.74, 6) is 0. The molecule has 0 unspecified atom stereocenters. The third-order valence-electron chi connectivity index (χ3n) is 3.46. The molecule has 1 heterocycles. The highest BCUT2D eigenvalue weighted by Crippen LogP contribution is 2.29. The summed E-state index contributed by atoms with van der Waals surface area (Å²) < 4.78 is 38.8. The van der Waals surface area contributed by atoms with E-state index in [0.717, 1.165) is 22.4 Å². The first kappa shape index (κ1) is 15.8. The number of alkyl halides is 3. The SMILES string of the molecule is Nc1cccc(-c2cnn(-c3ccc(C(F)(F)F)cc3)c(=O)c2)c1. The molecule has 0 bridgehead atoms. The van der Waals surface area contributed by atoms with Crippen LogP contribution in [-0.2, 0) is 6.18 Å². The first-order valence-corrected chi connectivity index (χ1v) is 6.97. The molecule has 2 N–H and O–H groups in total. The number of nitrogens with two attached hydrogens (primary N) is 1. The summed E-state index contributed by atoms with van der Waals surface area (Å²) in [4.78, 5) is 12.2. The smallest absolute Gasteiger partial charge is 0.399 e. The number of hydrogen-bond acceptors (Lipinski definition) is 3. The summed E-state index contributed by atoms with van der Waals surface area (Å²) in [5, 5.41) is 4.03. The van der Waals surface area contributed by atoms with Gasteiger partial charge in [-0.15, -0.1) is 0 Å². The number of anilines is 1. The van der Waals surface area contributed by atoms with E-state index in [0.29, 0.717) is 11.3 Å². The van der Waals surface area contributed by atoms with Crippen LogP contribution in [0.25, 0.3) is 16.8 Å². The molecule has 0 aliphatic heterocycles. The molecule has 0 radical (unpaired) electrons. The van der Waals surface area contributed by atoms with Crippen molar-refractivity contribution in [1.82, 2.24) is 9.78 Å². The lowest BCUT2D eigenvalue weighted by Crippen LogP contribution is -2.20. The van der Waals surface area contributed by atoms with Gasteiger partial charge in [-0.05, 0) is 42.0 Å². The molecule has 0 amide bonds. The topological polar surface area (TPSA) is 60.9 Å². The Kier molecular flexibility index (Phi) is 3.84. The van der Waals surface area contributed by atoms with Gasteiger partial charge in [0.05, 0.1) is 17.4 Å². The van der Waals surface area contributed by atoms with Crippen LogP contribution < -0.4 is 11.3 Å². The van der Waals surface area contributed by atoms with Gasteiger partial charge in [0.1, 0.15) is 0 Å². The van der Waals surface area contributed by atoms with Gasteiger partial charge < -0.3 is 5.73 Å². The van der Waals surface area contributed by atoms with E-state index in [1.807, 2.05) is 0 Å². The monoisotopic (exact) mass is 331 g/mol. The van der Waals surface area contributed by atoms with Crippen molar-refractivity contribution < 1.29 is 13.2 Å². The van der Waals surface area contributed by atoms with Crippen LogP contribution in [0.1, 0.15) is 5.56 Å². The maximum atomic E-state index is 12.6. The Bertz CT molecular complexity index is 931. The lowest BCUT2D eigenvalue weighted by atomic mass is 10.1. The van der Waals surface area contributed by atoms with Gasteiger partial charge in [-0.3, -0.25) is 4.79 Å². The second-order valence-electron chi connectivity index (χ2n) is 5.16. The van der Waals surface area contributed by atoms with Crippen LogP contribution in [0.5, 0.6) is 0 Å². The molecule has 0 saturated heterocycles. The van der Waals surface area contributed by atoms with Crippen LogP contribution in [-0.4, -0.2) is 9.78 Å². The van der Waals surface area contributed by atoms with E-state index < -0.39 is 17.3 Å². The van der Waals surface area contributed by atoms with Crippen molar-refractivity contribution in [2.75, 3.05) is 5.73 Å². The van der Waals surface area contributed by atoms with Crippen molar-refractivity contribution in [1.29, 1.82) is 0 Å². The molecule has 0 saturated carbocycles. The largest absolute Gasteiger partial charge is 0.416 e. The molecule has 3 rings (SSSR count). The molecule has 1 aromatic heterocycles. The van der Waals surface area contributed by atoms with Crippen molar-refractivity contribution in [3.63, 3.8) is 0 Å². The number of aromatic nitrogens is 2. The molecule has 0 aliphatic rings. The Labute approximate surface area is 135 Å². The van der Waals surface area contributed by atoms with Gasteiger partial charge in [0, 0.05) is 17.3 Å². The van der Waals surface area contributed by atoms with E-state index in [1.165, 1.54) is 24.4 Å². The molecule has 0 fully saturated rings. The molecule has 0 spiro atoms. The number of hydrogen-bond donors (Lipinski definition) is 1. The molecule has 3 aromatic rings. The minimum Gasteiger partial charge on any atom is -0.399 e. The fourth-order valence-corrected chi connectivity index (χ4v) is 2.27. The van der Waals surface area contributed by atoms with Crippen LogP contribution in [0, 0.1) is 0 Å². The quantitative estimate of drug-likeness (QED) is 0.731. The van der Waals surface area contributed by atoms with Crippen LogP contribution in [0.2, 0.25) is 0 Å². The second-order valence-corrected chi connectivity index (χ2v) is 5.16. The normalized spacial score (nSPS) is 11.5. The zero-order valence-corrected chi connectivity index (χ0v) is 12.3. The first-order valence-electron chi connectivity index (χ1n) is 6.97. The second kappa shape index (κ2) is 5.84. The summed E-state index contributed by atoms with van der Waals surface area (Å²) in [6, 6.07) is 12.6. The highest BCUT2D eigenvalue weighted by Gasteiger charge is 2.30. The average Bonchev–Trinajstić information content (AvgIpc) is 2.54. The summed E-state index contributed by atoms with van der Waals surface area (Å²) in [6.45, 7) is 0. The lowest BCUT2D eigenvalue weighted by molar-refractivity contribution is -0.137. The molecule has 0 atom stereocenters. The Morgan fingerprint density at radius 2 is 1.67 bits per heavy atom. The number of benzene rings is 2. The molecular weight excluding hydrogens is 319 g/mol. The van der Waals surface area contributed by atoms with Crippen LogP contribution in [0.3, 0.4) is 0 Å². The average molecular weight is 331 g/mol. The maximum absolute atomic E-state index is 12.6. The van der Waals surface area contributed by atoms with Gasteiger partial charge in [-0.25, -0.2) is 0 Å². The van der Waals surface area contributed by atoms with Gasteiger partial charge in [0.15, 0.2) is 0 Å². The Morgan fingerprint density at radius 3 is 2.25 bits per heavy atom. The van der Waals surface area contributed by atoms with Gasteiger partial charge in [-0.1, -0.05) is 12.1 Å². The highest BCUT2D eigenvalue weighted by molar-refractivity contribution is 5.66. The van der Waals surface area contributed by atoms with E-state index in [2.05, 4.69) is 5.10 Å². The predicted octanol–water partition coefficient (Wildman–Crippen LogP) is 3.50. The van der Waals surface area contributed by atoms with Crippen molar-refractivity contribution in [3.05, 3.63) is 76.7 Å². The fourth-order valence-electron chi connectivity index (χ4n) is 2.27. The van der Waals surface area contributed by atoms with Crippen molar-refractivity contribution in [3.8, 4) is 16.8 Å². The van der Waals surface area contributed by atoms with E-state index >= 15 is 0 Å². The van der Waals surface area contributed by atoms with Gasteiger partial charge >= 0.3 is 6.18 Å². The Balaban J connectivity index is 1.97. The highest BCUT2D eigenvalue weighted by atomic mass is 19.4. The number of nitrogen functional groups attached to an aromatic ring is 1. The predicted molar refractivity (Wildman–Crippen MR) is 84.7 cm³/mol. The zero-order valence-electron chi connectivity index (χ0n) is 12.3. The molecule has 24 heavy (non-hydrogen) atoms. The van der Waals surface area contributed by atoms with Gasteiger partial charge in [0.25, 0.3) is 5.56 Å². The summed E-state index contributed by atoms with van der Waals surface area (Å²) in [6.07, 6.45) is -2.96. The lowest BCUT2D eigenvalue weighted by Gasteiger charge is -2.09. The van der Waals surface area contributed by atoms with Crippen molar-refractivity contribution in [2.24, 2.45) is 0 Å². The number of nitrogens with zero attached hydrogens (tertiary/aromatic N) is 2. The van der Waals surface area contributed by atoms with Crippen LogP contribution in [0.15, 0.2) is 65.6 Å². The van der Waals surface area contributed by atoms with Crippen LogP contribution >= 0.6 is 0 Å². The molecule has 122 valence electrons. The Morgan fingerprint density at radius 1 is 0.958 bits per heavy atom. The van der Waals surface area contributed by atoms with E-state index in [-0.39, 0.29) is 5.69 Å². The van der Waals surface area contributed by atoms with Gasteiger partial charge in [0.2, 0.25) is 0 Å². The van der Waals surface area contributed by atoms with Crippen molar-refractivity contribution >= 4 is 5.69 Å². The summed E-state index contributed by atoms with van der Waals surface area (Å²) in [5.41, 5.74) is 6.60. The van der Waals surface area contributed by atoms with Gasteiger partial charge in [-0.2, -0.15) is 23.0 Å². The van der Waals surface area contributed by atoms with Crippen molar-refractivity contribution in [2.45, 2.75) is 6.18 Å². The number of rotatable bonds is 2. The molecular formula is C17H12F3N3O. The minimum absolute atomic E-state index is 0.257. The standard InChI is InChI=1S/C17H12F3N3O/c18-17(19,20)13-4-6-15(7-5-13)23-16(24)9-12(10-22-23)11-2-1-3-14(21)8-11/h1-10H,21H2. The fraction of sp³-hybridized carbons (Fsp3) is 0.0588.